The van der Waals surface area contributed by atoms with Crippen LogP contribution in [-0.4, -0.2) is 0 Å². The molecule has 0 saturated carbocycles. The van der Waals surface area contributed by atoms with Crippen molar-refractivity contribution in [2.45, 2.75) is 53.4 Å². The zero-order valence-corrected chi connectivity index (χ0v) is 9.64. The van der Waals surface area contributed by atoms with Crippen LogP contribution in [0.4, 0.5) is 0 Å². The lowest BCUT2D eigenvalue weighted by molar-refractivity contribution is 0.560. The summed E-state index contributed by atoms with van der Waals surface area (Å²) >= 11 is 0. The van der Waals surface area contributed by atoms with Crippen LogP contribution in [0, 0.1) is 5.92 Å². The molecule has 0 aromatic rings. The summed E-state index contributed by atoms with van der Waals surface area (Å²) in [5, 5.41) is 0. The van der Waals surface area contributed by atoms with Crippen molar-refractivity contribution >= 4 is 0 Å². The van der Waals surface area contributed by atoms with Crippen LogP contribution in [-0.2, 0) is 0 Å². The van der Waals surface area contributed by atoms with Gasteiger partial charge in [0, 0.05) is 0 Å². The summed E-state index contributed by atoms with van der Waals surface area (Å²) in [5.74, 6) is 0.851. The molecule has 0 N–H and O–H groups in total. The van der Waals surface area contributed by atoms with Crippen molar-refractivity contribution in [2.24, 2.45) is 5.92 Å². The number of hydrogen-bond acceptors (Lipinski definition) is 0. The molecule has 0 radical (unpaired) electrons. The molecular formula is C13H24. The topological polar surface area (TPSA) is 0 Å². The molecule has 1 aliphatic carbocycles. The second-order valence-corrected chi connectivity index (χ2v) is 3.48. The van der Waals surface area contributed by atoms with Crippen LogP contribution < -0.4 is 0 Å². The largest absolute Gasteiger partial charge is 0.0840 e. The average Bonchev–Trinajstić information content (AvgIpc) is 2.22. The first-order valence-corrected chi connectivity index (χ1v) is 5.68. The van der Waals surface area contributed by atoms with E-state index in [4.69, 9.17) is 0 Å². The van der Waals surface area contributed by atoms with Crippen molar-refractivity contribution in [3.63, 3.8) is 0 Å². The molecule has 0 heteroatoms. The van der Waals surface area contributed by atoms with Gasteiger partial charge in [0.15, 0.2) is 0 Å². The Labute approximate surface area is 83.7 Å². The van der Waals surface area contributed by atoms with Gasteiger partial charge in [-0.05, 0) is 25.2 Å². The summed E-state index contributed by atoms with van der Waals surface area (Å²) in [4.78, 5) is 0. The first kappa shape index (κ1) is 12.5. The molecule has 1 atom stereocenters. The minimum atomic E-state index is 0.851. The summed E-state index contributed by atoms with van der Waals surface area (Å²) in [6, 6.07) is 0. The lowest BCUT2D eigenvalue weighted by Gasteiger charge is -2.11. The molecule has 0 spiro atoms. The van der Waals surface area contributed by atoms with Crippen LogP contribution in [0.2, 0.25) is 0 Å². The summed E-state index contributed by atoms with van der Waals surface area (Å²) in [7, 11) is 0. The van der Waals surface area contributed by atoms with Gasteiger partial charge in [-0.3, -0.25) is 0 Å². The molecule has 0 bridgehead atoms. The molecule has 0 aromatic heterocycles. The lowest BCUT2D eigenvalue weighted by atomic mass is 9.95. The Morgan fingerprint density at radius 2 is 2.00 bits per heavy atom. The van der Waals surface area contributed by atoms with Gasteiger partial charge in [-0.1, -0.05) is 57.9 Å². The second kappa shape index (κ2) is 8.10. The van der Waals surface area contributed by atoms with E-state index < -0.39 is 0 Å². The van der Waals surface area contributed by atoms with Gasteiger partial charge >= 0.3 is 0 Å². The molecule has 1 unspecified atom stereocenters. The van der Waals surface area contributed by atoms with Crippen molar-refractivity contribution in [1.82, 2.24) is 0 Å². The molecule has 1 rings (SSSR count). The Kier molecular flexibility index (Phi) is 7.77. The van der Waals surface area contributed by atoms with Crippen LogP contribution in [0.3, 0.4) is 0 Å². The van der Waals surface area contributed by atoms with Gasteiger partial charge in [0.05, 0.1) is 0 Å². The second-order valence-electron chi connectivity index (χ2n) is 3.48. The third kappa shape index (κ3) is 5.68. The van der Waals surface area contributed by atoms with Gasteiger partial charge in [0.2, 0.25) is 0 Å². The Morgan fingerprint density at radius 1 is 1.31 bits per heavy atom. The highest BCUT2D eigenvalue weighted by Crippen LogP contribution is 2.19. The highest BCUT2D eigenvalue weighted by Gasteiger charge is 2.02. The van der Waals surface area contributed by atoms with E-state index in [9.17, 15) is 0 Å². The third-order valence-corrected chi connectivity index (χ3v) is 2.35. The quantitative estimate of drug-likeness (QED) is 0.589. The van der Waals surface area contributed by atoms with Gasteiger partial charge in [0.1, 0.15) is 0 Å². The monoisotopic (exact) mass is 180 g/mol. The van der Waals surface area contributed by atoms with E-state index in [1.54, 1.807) is 5.57 Å². The normalized spacial score (nSPS) is 17.1. The van der Waals surface area contributed by atoms with Crippen molar-refractivity contribution < 1.29 is 0 Å². The number of allylic oxidation sites excluding steroid dienone is 4. The van der Waals surface area contributed by atoms with E-state index in [0.717, 1.165) is 5.92 Å². The fourth-order valence-electron chi connectivity index (χ4n) is 1.37. The third-order valence-electron chi connectivity index (χ3n) is 2.35. The van der Waals surface area contributed by atoms with Gasteiger partial charge in [-0.15, -0.1) is 0 Å². The summed E-state index contributed by atoms with van der Waals surface area (Å²) in [6.07, 6.45) is 12.0. The van der Waals surface area contributed by atoms with E-state index in [-0.39, 0.29) is 0 Å². The van der Waals surface area contributed by atoms with Crippen molar-refractivity contribution in [2.75, 3.05) is 0 Å². The van der Waals surface area contributed by atoms with E-state index >= 15 is 0 Å². The van der Waals surface area contributed by atoms with Crippen molar-refractivity contribution in [3.8, 4) is 0 Å². The van der Waals surface area contributed by atoms with Gasteiger partial charge in [-0.25, -0.2) is 0 Å². The van der Waals surface area contributed by atoms with Crippen LogP contribution in [0.5, 0.6) is 0 Å². The van der Waals surface area contributed by atoms with Crippen LogP contribution >= 0.6 is 0 Å². The Bertz CT molecular complexity index is 163. The fraction of sp³-hybridized carbons (Fsp3) is 0.692. The maximum Gasteiger partial charge on any atom is -0.0256 e. The van der Waals surface area contributed by atoms with E-state index in [1.165, 1.54) is 25.7 Å². The lowest BCUT2D eigenvalue weighted by Crippen LogP contribution is -1.95. The van der Waals surface area contributed by atoms with Crippen LogP contribution in [0.25, 0.3) is 0 Å². The molecule has 76 valence electrons. The molecule has 13 heavy (non-hydrogen) atoms. The molecule has 0 amide bonds. The Hall–Kier alpha value is -0.520. The first-order valence-electron chi connectivity index (χ1n) is 5.68. The maximum absolute atomic E-state index is 2.38. The Morgan fingerprint density at radius 3 is 2.46 bits per heavy atom. The van der Waals surface area contributed by atoms with Gasteiger partial charge in [-0.2, -0.15) is 0 Å². The minimum Gasteiger partial charge on any atom is -0.0840 e. The van der Waals surface area contributed by atoms with E-state index in [0.29, 0.717) is 0 Å². The predicted octanol–water partition coefficient (Wildman–Crippen LogP) is 4.73. The molecule has 0 heterocycles. The molecule has 0 fully saturated rings. The smallest absolute Gasteiger partial charge is 0.0256 e. The maximum atomic E-state index is 2.38. The fourth-order valence-corrected chi connectivity index (χ4v) is 1.37. The number of hydrogen-bond donors (Lipinski definition) is 0. The molecular weight excluding hydrogens is 156 g/mol. The SMILES string of the molecule is CC.CCC(C)CC1=CCCC=C1. The van der Waals surface area contributed by atoms with Crippen LogP contribution in [0.1, 0.15) is 53.4 Å². The predicted molar refractivity (Wildman–Crippen MR) is 61.9 cm³/mol. The molecule has 0 aliphatic heterocycles. The molecule has 0 nitrogen and oxygen atoms in total. The minimum absolute atomic E-state index is 0.851. The zero-order valence-electron chi connectivity index (χ0n) is 9.64. The zero-order chi connectivity index (χ0) is 10.1. The summed E-state index contributed by atoms with van der Waals surface area (Å²) < 4.78 is 0. The van der Waals surface area contributed by atoms with Gasteiger partial charge < -0.3 is 0 Å². The first-order chi connectivity index (χ1) is 6.33. The van der Waals surface area contributed by atoms with Crippen LogP contribution in [0.15, 0.2) is 23.8 Å². The van der Waals surface area contributed by atoms with E-state index in [1.807, 2.05) is 13.8 Å². The van der Waals surface area contributed by atoms with Crippen molar-refractivity contribution in [1.29, 1.82) is 0 Å². The van der Waals surface area contributed by atoms with Crippen molar-refractivity contribution in [3.05, 3.63) is 23.8 Å². The molecule has 1 aliphatic rings. The average molecular weight is 180 g/mol. The Balaban J connectivity index is 0.000000671. The summed E-state index contributed by atoms with van der Waals surface area (Å²) in [6.45, 7) is 8.58. The van der Waals surface area contributed by atoms with Gasteiger partial charge in [0.25, 0.3) is 0 Å². The highest BCUT2D eigenvalue weighted by atomic mass is 14.1. The summed E-state index contributed by atoms with van der Waals surface area (Å²) in [5.41, 5.74) is 1.55. The standard InChI is InChI=1S/C11H18.C2H6/c1-3-10(2)9-11-7-5-4-6-8-11;1-2/h5,7-8,10H,3-4,6,9H2,1-2H3;1-2H3. The highest BCUT2D eigenvalue weighted by molar-refractivity contribution is 5.22. The molecule has 0 aromatic carbocycles. The number of rotatable bonds is 3. The van der Waals surface area contributed by atoms with E-state index in [2.05, 4.69) is 32.1 Å². The molecule has 0 saturated heterocycles.